The van der Waals surface area contributed by atoms with Crippen LogP contribution < -0.4 is 21.3 Å². The van der Waals surface area contributed by atoms with E-state index in [0.717, 1.165) is 12.2 Å². The Balaban J connectivity index is 1.61. The number of ether oxygens (including phenoxy) is 1. The number of aryl methyl sites for hydroxylation is 1. The van der Waals surface area contributed by atoms with E-state index in [0.29, 0.717) is 42.7 Å². The third kappa shape index (κ3) is 5.87. The number of nitrogens with one attached hydrogen (secondary N) is 1. The van der Waals surface area contributed by atoms with Gasteiger partial charge in [0.05, 0.1) is 17.5 Å². The Morgan fingerprint density at radius 2 is 1.76 bits per heavy atom. The van der Waals surface area contributed by atoms with Gasteiger partial charge in [-0.1, -0.05) is 6.92 Å². The molecule has 3 aromatic rings. The van der Waals surface area contributed by atoms with Crippen LogP contribution >= 0.6 is 11.8 Å². The van der Waals surface area contributed by atoms with Crippen LogP contribution in [-0.4, -0.2) is 27.9 Å². The third-order valence-corrected chi connectivity index (χ3v) is 6.36. The molecule has 176 valence electrons. The first-order valence-electron chi connectivity index (χ1n) is 11.2. The Kier molecular flexibility index (Phi) is 8.38. The number of hydrogen-bond donors (Lipinski definition) is 1. The Labute approximate surface area is 197 Å². The topological polar surface area (TPSA) is 82.3 Å². The molecule has 0 radical (unpaired) electrons. The van der Waals surface area contributed by atoms with E-state index in [1.165, 1.54) is 9.46 Å². The standard InChI is InChI=1S/C25H31N3O4S/c1-5-27-22-12-7-18(16-21(22)24(30)28(6-2)25(27)31)26-23(29)15-17(3)13-14-32-19-8-10-20(33-4)11-9-19/h7-12,16-17H,5-6,13-15H2,1-4H3,(H,26,29). The van der Waals surface area contributed by atoms with Crippen LogP contribution in [-0.2, 0) is 17.9 Å². The molecule has 0 spiro atoms. The first kappa shape index (κ1) is 24.6. The molecule has 3 rings (SSSR count). The molecule has 2 aromatic carbocycles. The molecular formula is C25H31N3O4S. The van der Waals surface area contributed by atoms with Crippen molar-refractivity contribution in [2.45, 2.75) is 51.6 Å². The Morgan fingerprint density at radius 1 is 1.06 bits per heavy atom. The van der Waals surface area contributed by atoms with E-state index < -0.39 is 0 Å². The van der Waals surface area contributed by atoms with Crippen molar-refractivity contribution in [3.63, 3.8) is 0 Å². The highest BCUT2D eigenvalue weighted by Crippen LogP contribution is 2.20. The SMILES string of the molecule is CCn1c(=O)c2cc(NC(=O)CC(C)CCOc3ccc(SC)cc3)ccc2n(CC)c1=O. The number of aromatic nitrogens is 2. The number of amides is 1. The zero-order chi connectivity index (χ0) is 24.0. The minimum absolute atomic E-state index is 0.120. The Hall–Kier alpha value is -3.00. The number of hydrogen-bond acceptors (Lipinski definition) is 5. The largest absolute Gasteiger partial charge is 0.494 e. The van der Waals surface area contributed by atoms with Crippen molar-refractivity contribution in [3.05, 3.63) is 63.3 Å². The molecule has 33 heavy (non-hydrogen) atoms. The number of benzene rings is 2. The third-order valence-electron chi connectivity index (χ3n) is 5.61. The number of nitrogens with zero attached hydrogens (tertiary/aromatic N) is 2. The summed E-state index contributed by atoms with van der Waals surface area (Å²) in [6, 6.07) is 13.1. The van der Waals surface area contributed by atoms with Crippen LogP contribution in [0, 0.1) is 5.92 Å². The Bertz CT molecular complexity index is 1230. The summed E-state index contributed by atoms with van der Waals surface area (Å²) in [7, 11) is 0. The van der Waals surface area contributed by atoms with Crippen molar-refractivity contribution >= 4 is 34.3 Å². The molecule has 0 fully saturated rings. The summed E-state index contributed by atoms with van der Waals surface area (Å²) in [6.45, 7) is 6.94. The smallest absolute Gasteiger partial charge is 0.331 e. The van der Waals surface area contributed by atoms with Crippen LogP contribution in [0.3, 0.4) is 0 Å². The monoisotopic (exact) mass is 469 g/mol. The summed E-state index contributed by atoms with van der Waals surface area (Å²) in [4.78, 5) is 39.0. The van der Waals surface area contributed by atoms with E-state index in [1.807, 2.05) is 44.4 Å². The predicted octanol–water partition coefficient (Wildman–Crippen LogP) is 4.36. The number of carbonyl (C=O) groups excluding carboxylic acids is 1. The van der Waals surface area contributed by atoms with Crippen LogP contribution in [0.4, 0.5) is 5.69 Å². The van der Waals surface area contributed by atoms with Gasteiger partial charge in [0.25, 0.3) is 5.56 Å². The fraction of sp³-hybridized carbons (Fsp3) is 0.400. The summed E-state index contributed by atoms with van der Waals surface area (Å²) in [6.07, 6.45) is 3.13. The molecule has 1 atom stereocenters. The summed E-state index contributed by atoms with van der Waals surface area (Å²) in [5.41, 5.74) is 0.470. The highest BCUT2D eigenvalue weighted by Gasteiger charge is 2.14. The fourth-order valence-corrected chi connectivity index (χ4v) is 4.17. The number of thioether (sulfide) groups is 1. The second-order valence-corrected chi connectivity index (χ2v) is 8.86. The number of carbonyl (C=O) groups is 1. The van der Waals surface area contributed by atoms with Gasteiger partial charge in [0.15, 0.2) is 0 Å². The molecule has 0 saturated heterocycles. The van der Waals surface area contributed by atoms with Gasteiger partial charge in [-0.15, -0.1) is 11.8 Å². The summed E-state index contributed by atoms with van der Waals surface area (Å²) in [5.74, 6) is 0.841. The highest BCUT2D eigenvalue weighted by atomic mass is 32.2. The fourth-order valence-electron chi connectivity index (χ4n) is 3.77. The predicted molar refractivity (Wildman–Crippen MR) is 135 cm³/mol. The van der Waals surface area contributed by atoms with Gasteiger partial charge < -0.3 is 10.1 Å². The summed E-state index contributed by atoms with van der Waals surface area (Å²) < 4.78 is 8.57. The molecule has 0 aliphatic rings. The summed E-state index contributed by atoms with van der Waals surface area (Å²) >= 11 is 1.69. The van der Waals surface area contributed by atoms with E-state index >= 15 is 0 Å². The first-order chi connectivity index (χ1) is 15.9. The van der Waals surface area contributed by atoms with E-state index in [4.69, 9.17) is 4.74 Å². The average molecular weight is 470 g/mol. The zero-order valence-corrected chi connectivity index (χ0v) is 20.4. The Morgan fingerprint density at radius 3 is 2.39 bits per heavy atom. The van der Waals surface area contributed by atoms with Gasteiger partial charge in [0.2, 0.25) is 5.91 Å². The van der Waals surface area contributed by atoms with Crippen LogP contribution in [0.25, 0.3) is 10.9 Å². The van der Waals surface area contributed by atoms with Crippen LogP contribution in [0.15, 0.2) is 56.9 Å². The van der Waals surface area contributed by atoms with E-state index in [-0.39, 0.29) is 23.1 Å². The molecule has 1 N–H and O–H groups in total. The van der Waals surface area contributed by atoms with Crippen molar-refractivity contribution in [2.75, 3.05) is 18.2 Å². The maximum absolute atomic E-state index is 12.8. The average Bonchev–Trinajstić information content (AvgIpc) is 2.80. The zero-order valence-electron chi connectivity index (χ0n) is 19.6. The number of anilines is 1. The van der Waals surface area contributed by atoms with Crippen LogP contribution in [0.2, 0.25) is 0 Å². The van der Waals surface area contributed by atoms with Gasteiger partial charge in [-0.3, -0.25) is 18.7 Å². The quantitative estimate of drug-likeness (QED) is 0.446. The molecule has 8 heteroatoms. The lowest BCUT2D eigenvalue weighted by molar-refractivity contribution is -0.117. The van der Waals surface area contributed by atoms with Gasteiger partial charge in [0, 0.05) is 30.1 Å². The lowest BCUT2D eigenvalue weighted by Crippen LogP contribution is -2.39. The normalized spacial score (nSPS) is 12.0. The second kappa shape index (κ2) is 11.2. The maximum Gasteiger partial charge on any atom is 0.331 e. The molecule has 1 amide bonds. The van der Waals surface area contributed by atoms with Crippen molar-refractivity contribution in [1.29, 1.82) is 0 Å². The van der Waals surface area contributed by atoms with Crippen molar-refractivity contribution in [3.8, 4) is 5.75 Å². The van der Waals surface area contributed by atoms with Gasteiger partial charge in [-0.05, 0) is 74.9 Å². The second-order valence-electron chi connectivity index (χ2n) is 7.98. The molecule has 0 bridgehead atoms. The molecular weight excluding hydrogens is 438 g/mol. The minimum atomic E-state index is -0.339. The van der Waals surface area contributed by atoms with Crippen LogP contribution in [0.1, 0.15) is 33.6 Å². The number of rotatable bonds is 10. The van der Waals surface area contributed by atoms with Gasteiger partial charge >= 0.3 is 5.69 Å². The minimum Gasteiger partial charge on any atom is -0.494 e. The molecule has 7 nitrogen and oxygen atoms in total. The lowest BCUT2D eigenvalue weighted by Gasteiger charge is -2.14. The maximum atomic E-state index is 12.8. The van der Waals surface area contributed by atoms with E-state index in [1.54, 1.807) is 41.5 Å². The van der Waals surface area contributed by atoms with Gasteiger partial charge in [-0.25, -0.2) is 4.79 Å². The lowest BCUT2D eigenvalue weighted by atomic mass is 10.0. The highest BCUT2D eigenvalue weighted by molar-refractivity contribution is 7.98. The molecule has 0 aliphatic heterocycles. The van der Waals surface area contributed by atoms with Gasteiger partial charge in [-0.2, -0.15) is 0 Å². The van der Waals surface area contributed by atoms with Crippen LogP contribution in [0.5, 0.6) is 5.75 Å². The van der Waals surface area contributed by atoms with E-state index in [9.17, 15) is 14.4 Å². The van der Waals surface area contributed by atoms with Crippen molar-refractivity contribution in [2.24, 2.45) is 5.92 Å². The molecule has 0 aliphatic carbocycles. The molecule has 1 unspecified atom stereocenters. The molecule has 1 heterocycles. The summed E-state index contributed by atoms with van der Waals surface area (Å²) in [5, 5.41) is 3.31. The van der Waals surface area contributed by atoms with E-state index in [2.05, 4.69) is 5.32 Å². The van der Waals surface area contributed by atoms with Crippen molar-refractivity contribution in [1.82, 2.24) is 9.13 Å². The molecule has 1 aromatic heterocycles. The molecule has 0 saturated carbocycles. The number of fused-ring (bicyclic) bond motifs is 1. The van der Waals surface area contributed by atoms with Gasteiger partial charge in [0.1, 0.15) is 5.75 Å². The first-order valence-corrected chi connectivity index (χ1v) is 12.4. The van der Waals surface area contributed by atoms with Crippen molar-refractivity contribution < 1.29 is 9.53 Å².